The Bertz CT molecular complexity index is 1010. The van der Waals surface area contributed by atoms with E-state index in [-0.39, 0.29) is 12.1 Å². The van der Waals surface area contributed by atoms with Gasteiger partial charge in [0, 0.05) is 23.5 Å². The Morgan fingerprint density at radius 2 is 1.81 bits per heavy atom. The van der Waals surface area contributed by atoms with E-state index in [4.69, 9.17) is 5.10 Å². The van der Waals surface area contributed by atoms with Gasteiger partial charge in [-0.25, -0.2) is 4.68 Å². The molecule has 27 heavy (non-hydrogen) atoms. The van der Waals surface area contributed by atoms with Crippen LogP contribution in [0.5, 0.6) is 0 Å². The minimum atomic E-state index is -0.289. The number of carbonyl (C=O) groups excluding carboxylic acids is 1. The van der Waals surface area contributed by atoms with E-state index < -0.39 is 0 Å². The first-order valence-electron chi connectivity index (χ1n) is 9.00. The van der Waals surface area contributed by atoms with Crippen molar-refractivity contribution in [2.75, 3.05) is 11.9 Å². The van der Waals surface area contributed by atoms with Crippen LogP contribution >= 0.6 is 0 Å². The van der Waals surface area contributed by atoms with Crippen molar-refractivity contribution in [3.05, 3.63) is 89.8 Å². The Kier molecular flexibility index (Phi) is 4.28. The van der Waals surface area contributed by atoms with Crippen molar-refractivity contribution in [1.82, 2.24) is 14.7 Å². The number of nitrogens with zero attached hydrogens (tertiary/aromatic N) is 3. The molecule has 2 heterocycles. The van der Waals surface area contributed by atoms with E-state index in [1.807, 2.05) is 78.0 Å². The maximum Gasteiger partial charge on any atom is 0.258 e. The van der Waals surface area contributed by atoms with Crippen LogP contribution in [0.15, 0.2) is 67.3 Å². The summed E-state index contributed by atoms with van der Waals surface area (Å²) in [5.41, 5.74) is 5.46. The molecule has 1 aliphatic heterocycles. The van der Waals surface area contributed by atoms with Gasteiger partial charge >= 0.3 is 0 Å². The van der Waals surface area contributed by atoms with Crippen LogP contribution in [0.2, 0.25) is 0 Å². The molecule has 0 radical (unpaired) electrons. The minimum absolute atomic E-state index is 0.000473. The number of aromatic nitrogens is 2. The molecule has 136 valence electrons. The van der Waals surface area contributed by atoms with Gasteiger partial charge in [-0.3, -0.25) is 4.79 Å². The fourth-order valence-electron chi connectivity index (χ4n) is 3.72. The zero-order valence-corrected chi connectivity index (χ0v) is 15.5. The summed E-state index contributed by atoms with van der Waals surface area (Å²) in [4.78, 5) is 14.9. The van der Waals surface area contributed by atoms with Crippen molar-refractivity contribution in [3.8, 4) is 5.69 Å². The van der Waals surface area contributed by atoms with Gasteiger partial charge in [-0.15, -0.1) is 6.58 Å². The Hall–Kier alpha value is -3.34. The molecule has 0 fully saturated rings. The molecule has 1 N–H and O–H groups in total. The normalized spacial score (nSPS) is 16.0. The van der Waals surface area contributed by atoms with Gasteiger partial charge in [-0.1, -0.05) is 36.4 Å². The fraction of sp³-hybridized carbons (Fsp3) is 0.182. The lowest BCUT2D eigenvalue weighted by Crippen LogP contribution is -2.43. The lowest BCUT2D eigenvalue weighted by Gasteiger charge is -2.37. The zero-order chi connectivity index (χ0) is 19.0. The van der Waals surface area contributed by atoms with Crippen molar-refractivity contribution < 1.29 is 4.79 Å². The van der Waals surface area contributed by atoms with Crippen LogP contribution in [0.4, 0.5) is 5.69 Å². The van der Waals surface area contributed by atoms with Gasteiger partial charge < -0.3 is 10.2 Å². The topological polar surface area (TPSA) is 50.2 Å². The van der Waals surface area contributed by atoms with Gasteiger partial charge in [0.2, 0.25) is 0 Å². The van der Waals surface area contributed by atoms with Gasteiger partial charge in [0.15, 0.2) is 0 Å². The van der Waals surface area contributed by atoms with Gasteiger partial charge in [-0.2, -0.15) is 5.10 Å². The number of rotatable bonds is 4. The summed E-state index contributed by atoms with van der Waals surface area (Å²) in [5.74, 6) is 0.000473. The summed E-state index contributed by atoms with van der Waals surface area (Å²) in [6.07, 6.45) is 1.47. The van der Waals surface area contributed by atoms with Crippen LogP contribution in [0.1, 0.15) is 33.5 Å². The fourth-order valence-corrected chi connectivity index (χ4v) is 3.72. The van der Waals surface area contributed by atoms with Gasteiger partial charge in [-0.05, 0) is 38.1 Å². The molecule has 1 atom stereocenters. The number of hydrogen-bond acceptors (Lipinski definition) is 3. The number of para-hydroxylation sites is 2. The van der Waals surface area contributed by atoms with Crippen molar-refractivity contribution in [1.29, 1.82) is 0 Å². The first-order chi connectivity index (χ1) is 13.1. The lowest BCUT2D eigenvalue weighted by molar-refractivity contribution is 0.0707. The van der Waals surface area contributed by atoms with Crippen LogP contribution in [-0.4, -0.2) is 27.1 Å². The van der Waals surface area contributed by atoms with E-state index in [0.717, 1.165) is 28.3 Å². The van der Waals surface area contributed by atoms with Crippen molar-refractivity contribution in [2.24, 2.45) is 0 Å². The third-order valence-electron chi connectivity index (χ3n) is 4.97. The standard InChI is InChI=1S/C22H22N4O/c1-4-14-25-21(23-19-13-9-8-12-18(19)22(25)27)20-15(2)24-26(16(20)3)17-10-6-5-7-11-17/h4-13,21,23H,1,14H2,2-3H3. The zero-order valence-electron chi connectivity index (χ0n) is 15.5. The summed E-state index contributed by atoms with van der Waals surface area (Å²) in [7, 11) is 0. The number of anilines is 1. The molecular weight excluding hydrogens is 336 g/mol. The Labute approximate surface area is 158 Å². The molecule has 1 amide bonds. The number of hydrogen-bond donors (Lipinski definition) is 1. The highest BCUT2D eigenvalue weighted by Crippen LogP contribution is 2.36. The van der Waals surface area contributed by atoms with E-state index in [9.17, 15) is 4.79 Å². The molecule has 0 bridgehead atoms. The highest BCUT2D eigenvalue weighted by atomic mass is 16.2. The summed E-state index contributed by atoms with van der Waals surface area (Å²) in [6.45, 7) is 8.32. The number of nitrogens with one attached hydrogen (secondary N) is 1. The van der Waals surface area contributed by atoms with Crippen molar-refractivity contribution in [2.45, 2.75) is 20.0 Å². The molecule has 4 rings (SSSR count). The second-order valence-corrected chi connectivity index (χ2v) is 6.67. The van der Waals surface area contributed by atoms with Crippen LogP contribution in [0.3, 0.4) is 0 Å². The van der Waals surface area contributed by atoms with E-state index in [2.05, 4.69) is 11.9 Å². The maximum absolute atomic E-state index is 13.1. The molecule has 1 aliphatic rings. The van der Waals surface area contributed by atoms with E-state index >= 15 is 0 Å². The number of aryl methyl sites for hydroxylation is 1. The molecule has 1 unspecified atom stereocenters. The molecule has 5 heteroatoms. The third kappa shape index (κ3) is 2.81. The second kappa shape index (κ2) is 6.76. The first-order valence-corrected chi connectivity index (χ1v) is 9.00. The molecule has 3 aromatic rings. The Balaban J connectivity index is 1.83. The first kappa shape index (κ1) is 17.1. The molecule has 2 aromatic carbocycles. The lowest BCUT2D eigenvalue weighted by atomic mass is 10.0. The third-order valence-corrected chi connectivity index (χ3v) is 4.97. The predicted molar refractivity (Wildman–Crippen MR) is 107 cm³/mol. The van der Waals surface area contributed by atoms with Crippen molar-refractivity contribution in [3.63, 3.8) is 0 Å². The van der Waals surface area contributed by atoms with E-state index in [1.54, 1.807) is 6.08 Å². The highest BCUT2D eigenvalue weighted by molar-refractivity contribution is 6.01. The summed E-state index contributed by atoms with van der Waals surface area (Å²) in [6, 6.07) is 17.6. The van der Waals surface area contributed by atoms with Crippen molar-refractivity contribution >= 4 is 11.6 Å². The van der Waals surface area contributed by atoms with Crippen LogP contribution in [0.25, 0.3) is 5.69 Å². The highest BCUT2D eigenvalue weighted by Gasteiger charge is 2.35. The quantitative estimate of drug-likeness (QED) is 0.710. The van der Waals surface area contributed by atoms with Gasteiger partial charge in [0.25, 0.3) is 5.91 Å². The average molecular weight is 358 g/mol. The van der Waals surface area contributed by atoms with E-state index in [1.165, 1.54) is 0 Å². The van der Waals surface area contributed by atoms with Crippen LogP contribution in [0, 0.1) is 13.8 Å². The predicted octanol–water partition coefficient (Wildman–Crippen LogP) is 4.24. The monoisotopic (exact) mass is 358 g/mol. The average Bonchev–Trinajstić information content (AvgIpc) is 2.99. The maximum atomic E-state index is 13.1. The number of benzene rings is 2. The molecule has 5 nitrogen and oxygen atoms in total. The van der Waals surface area contributed by atoms with E-state index in [0.29, 0.717) is 12.1 Å². The molecule has 0 aliphatic carbocycles. The SMILES string of the molecule is C=CCN1C(=O)c2ccccc2NC1c1c(C)nn(-c2ccccc2)c1C. The van der Waals surface area contributed by atoms with Crippen LogP contribution in [-0.2, 0) is 0 Å². The molecule has 1 aromatic heterocycles. The Morgan fingerprint density at radius 3 is 2.56 bits per heavy atom. The second-order valence-electron chi connectivity index (χ2n) is 6.67. The number of amides is 1. The summed E-state index contributed by atoms with van der Waals surface area (Å²) in [5, 5.41) is 8.27. The summed E-state index contributed by atoms with van der Waals surface area (Å²) >= 11 is 0. The minimum Gasteiger partial charge on any atom is -0.361 e. The van der Waals surface area contributed by atoms with Gasteiger partial charge in [0.05, 0.1) is 16.9 Å². The smallest absolute Gasteiger partial charge is 0.258 e. The summed E-state index contributed by atoms with van der Waals surface area (Å²) < 4.78 is 1.93. The molecular formula is C22H22N4O. The number of carbonyl (C=O) groups is 1. The molecule has 0 spiro atoms. The largest absolute Gasteiger partial charge is 0.361 e. The number of fused-ring (bicyclic) bond motifs is 1. The molecule has 0 saturated carbocycles. The van der Waals surface area contributed by atoms with Crippen LogP contribution < -0.4 is 5.32 Å². The molecule has 0 saturated heterocycles. The Morgan fingerprint density at radius 1 is 1.11 bits per heavy atom. The van der Waals surface area contributed by atoms with Gasteiger partial charge in [0.1, 0.15) is 6.17 Å².